The number of hydrogen-bond acceptors (Lipinski definition) is 4. The van der Waals surface area contributed by atoms with E-state index in [9.17, 15) is 9.59 Å². The molecule has 1 rings (SSSR count). The van der Waals surface area contributed by atoms with Crippen LogP contribution >= 0.6 is 11.6 Å². The second-order valence-electron chi connectivity index (χ2n) is 3.53. The molecule has 0 aliphatic rings. The highest BCUT2D eigenvalue weighted by atomic mass is 35.5. The first-order valence-corrected chi connectivity index (χ1v) is 5.67. The SMILES string of the molecule is C=C(C)C(=O)Oc1ccc(C(=O)Cl)c(OCC)c1. The number of hydrogen-bond donors (Lipinski definition) is 0. The van der Waals surface area contributed by atoms with E-state index in [4.69, 9.17) is 21.1 Å². The lowest BCUT2D eigenvalue weighted by molar-refractivity contribution is -0.130. The molecule has 0 amide bonds. The molecule has 0 heterocycles. The Kier molecular flexibility index (Phi) is 4.92. The summed E-state index contributed by atoms with van der Waals surface area (Å²) in [5, 5.41) is -0.628. The molecule has 0 saturated carbocycles. The Labute approximate surface area is 110 Å². The van der Waals surface area contributed by atoms with Gasteiger partial charge in [0.15, 0.2) is 0 Å². The quantitative estimate of drug-likeness (QED) is 0.357. The van der Waals surface area contributed by atoms with Gasteiger partial charge in [-0.3, -0.25) is 4.79 Å². The van der Waals surface area contributed by atoms with Crippen LogP contribution < -0.4 is 9.47 Å². The summed E-state index contributed by atoms with van der Waals surface area (Å²) in [6.07, 6.45) is 0. The molecular weight excluding hydrogens is 256 g/mol. The fourth-order valence-electron chi connectivity index (χ4n) is 1.20. The molecule has 1 aromatic carbocycles. The van der Waals surface area contributed by atoms with Crippen LogP contribution in [-0.2, 0) is 4.79 Å². The van der Waals surface area contributed by atoms with Crippen molar-refractivity contribution in [2.75, 3.05) is 6.61 Å². The zero-order valence-corrected chi connectivity index (χ0v) is 10.9. The minimum Gasteiger partial charge on any atom is -0.493 e. The predicted octanol–water partition coefficient (Wildman–Crippen LogP) is 2.95. The lowest BCUT2D eigenvalue weighted by atomic mass is 10.2. The molecular formula is C13H13ClO4. The Morgan fingerprint density at radius 2 is 2.06 bits per heavy atom. The molecule has 4 nitrogen and oxygen atoms in total. The third-order valence-electron chi connectivity index (χ3n) is 2.02. The molecule has 0 atom stereocenters. The number of ether oxygens (including phenoxy) is 2. The smallest absolute Gasteiger partial charge is 0.338 e. The van der Waals surface area contributed by atoms with Gasteiger partial charge in [-0.25, -0.2) is 4.79 Å². The van der Waals surface area contributed by atoms with Crippen LogP contribution in [-0.4, -0.2) is 17.8 Å². The standard InChI is InChI=1S/C13H13ClO4/c1-4-17-11-7-9(18-13(16)8(2)3)5-6-10(11)12(14)15/h5-7H,2,4H2,1,3H3. The van der Waals surface area contributed by atoms with Gasteiger partial charge in [0.2, 0.25) is 0 Å². The third-order valence-corrected chi connectivity index (χ3v) is 2.23. The Bertz CT molecular complexity index is 494. The van der Waals surface area contributed by atoms with Crippen molar-refractivity contribution < 1.29 is 19.1 Å². The highest BCUT2D eigenvalue weighted by molar-refractivity contribution is 6.68. The monoisotopic (exact) mass is 268 g/mol. The summed E-state index contributed by atoms with van der Waals surface area (Å²) in [7, 11) is 0. The van der Waals surface area contributed by atoms with Gasteiger partial charge in [-0.1, -0.05) is 6.58 Å². The Morgan fingerprint density at radius 3 is 2.56 bits per heavy atom. The maximum Gasteiger partial charge on any atom is 0.338 e. The number of halogens is 1. The highest BCUT2D eigenvalue weighted by Crippen LogP contribution is 2.26. The van der Waals surface area contributed by atoms with Crippen LogP contribution in [0.3, 0.4) is 0 Å². The lowest BCUT2D eigenvalue weighted by Crippen LogP contribution is -2.09. The van der Waals surface area contributed by atoms with E-state index in [1.54, 1.807) is 13.8 Å². The largest absolute Gasteiger partial charge is 0.493 e. The van der Waals surface area contributed by atoms with Gasteiger partial charge in [-0.15, -0.1) is 0 Å². The molecule has 0 aliphatic heterocycles. The second kappa shape index (κ2) is 6.21. The first kappa shape index (κ1) is 14.3. The van der Waals surface area contributed by atoms with Crippen molar-refractivity contribution in [2.24, 2.45) is 0 Å². The van der Waals surface area contributed by atoms with Gasteiger partial charge in [0.05, 0.1) is 12.2 Å². The number of esters is 1. The normalized spacial score (nSPS) is 9.72. The fraction of sp³-hybridized carbons (Fsp3) is 0.231. The third kappa shape index (κ3) is 3.60. The van der Waals surface area contributed by atoms with Gasteiger partial charge >= 0.3 is 5.97 Å². The number of benzene rings is 1. The summed E-state index contributed by atoms with van der Waals surface area (Å²) in [5.74, 6) is 0.0139. The van der Waals surface area contributed by atoms with Crippen molar-refractivity contribution in [3.63, 3.8) is 0 Å². The van der Waals surface area contributed by atoms with Crippen LogP contribution in [0.15, 0.2) is 30.4 Å². The fourth-order valence-corrected chi connectivity index (χ4v) is 1.35. The molecule has 0 spiro atoms. The maximum absolute atomic E-state index is 11.3. The number of carbonyl (C=O) groups is 2. The molecule has 0 saturated heterocycles. The summed E-state index contributed by atoms with van der Waals surface area (Å²) in [4.78, 5) is 22.5. The van der Waals surface area contributed by atoms with Crippen molar-refractivity contribution in [2.45, 2.75) is 13.8 Å². The average molecular weight is 269 g/mol. The predicted molar refractivity (Wildman–Crippen MR) is 68.2 cm³/mol. The van der Waals surface area contributed by atoms with E-state index < -0.39 is 11.2 Å². The Balaban J connectivity index is 3.03. The zero-order valence-electron chi connectivity index (χ0n) is 10.2. The maximum atomic E-state index is 11.3. The van der Waals surface area contributed by atoms with Crippen molar-refractivity contribution >= 4 is 22.8 Å². The minimum absolute atomic E-state index is 0.230. The van der Waals surface area contributed by atoms with Crippen molar-refractivity contribution in [3.8, 4) is 11.5 Å². The molecule has 0 radical (unpaired) electrons. The van der Waals surface area contributed by atoms with E-state index in [2.05, 4.69) is 6.58 Å². The Morgan fingerprint density at radius 1 is 1.39 bits per heavy atom. The summed E-state index contributed by atoms with van der Waals surface area (Å²) in [6, 6.07) is 4.36. The van der Waals surface area contributed by atoms with E-state index in [1.807, 2.05) is 0 Å². The molecule has 1 aromatic rings. The topological polar surface area (TPSA) is 52.6 Å². The summed E-state index contributed by atoms with van der Waals surface area (Å²) >= 11 is 5.41. The van der Waals surface area contributed by atoms with Crippen molar-refractivity contribution in [1.82, 2.24) is 0 Å². The number of carbonyl (C=O) groups excluding carboxylic acids is 2. The molecule has 96 valence electrons. The van der Waals surface area contributed by atoms with Crippen LogP contribution in [0.25, 0.3) is 0 Å². The van der Waals surface area contributed by atoms with Gasteiger partial charge in [0.25, 0.3) is 5.24 Å². The lowest BCUT2D eigenvalue weighted by Gasteiger charge is -2.10. The summed E-state index contributed by atoms with van der Waals surface area (Å²) < 4.78 is 10.3. The van der Waals surface area contributed by atoms with E-state index in [0.717, 1.165) is 0 Å². The van der Waals surface area contributed by atoms with Crippen LogP contribution in [0.4, 0.5) is 0 Å². The van der Waals surface area contributed by atoms with E-state index in [0.29, 0.717) is 6.61 Å². The van der Waals surface area contributed by atoms with Gasteiger partial charge in [-0.2, -0.15) is 0 Å². The molecule has 0 bridgehead atoms. The van der Waals surface area contributed by atoms with Crippen LogP contribution in [0.1, 0.15) is 24.2 Å². The summed E-state index contributed by atoms with van der Waals surface area (Å²) in [6.45, 7) is 7.16. The molecule has 18 heavy (non-hydrogen) atoms. The van der Waals surface area contributed by atoms with Gasteiger partial charge in [0.1, 0.15) is 11.5 Å². The zero-order chi connectivity index (χ0) is 13.7. The molecule has 0 fully saturated rings. The van der Waals surface area contributed by atoms with E-state index >= 15 is 0 Å². The van der Waals surface area contributed by atoms with Gasteiger partial charge in [0, 0.05) is 11.6 Å². The van der Waals surface area contributed by atoms with Gasteiger partial charge in [-0.05, 0) is 37.6 Å². The van der Waals surface area contributed by atoms with Crippen LogP contribution in [0.5, 0.6) is 11.5 Å². The second-order valence-corrected chi connectivity index (χ2v) is 3.88. The molecule has 0 unspecified atom stereocenters. The minimum atomic E-state index is -0.628. The Hall–Kier alpha value is -1.81. The molecule has 5 heteroatoms. The summed E-state index contributed by atoms with van der Waals surface area (Å²) in [5.41, 5.74) is 0.513. The van der Waals surface area contributed by atoms with Crippen molar-refractivity contribution in [3.05, 3.63) is 35.9 Å². The van der Waals surface area contributed by atoms with Crippen molar-refractivity contribution in [1.29, 1.82) is 0 Å². The van der Waals surface area contributed by atoms with Crippen LogP contribution in [0.2, 0.25) is 0 Å². The first-order chi connectivity index (χ1) is 8.45. The van der Waals surface area contributed by atoms with Gasteiger partial charge < -0.3 is 9.47 Å². The molecule has 0 aromatic heterocycles. The highest BCUT2D eigenvalue weighted by Gasteiger charge is 2.13. The average Bonchev–Trinajstić information content (AvgIpc) is 2.29. The number of rotatable bonds is 5. The van der Waals surface area contributed by atoms with E-state index in [-0.39, 0.29) is 22.6 Å². The van der Waals surface area contributed by atoms with E-state index in [1.165, 1.54) is 18.2 Å². The molecule has 0 N–H and O–H groups in total. The van der Waals surface area contributed by atoms with Crippen LogP contribution in [0, 0.1) is 0 Å². The first-order valence-electron chi connectivity index (χ1n) is 5.30. The molecule has 0 aliphatic carbocycles.